The Bertz CT molecular complexity index is 2010. The Morgan fingerprint density at radius 2 is 2.02 bits per heavy atom. The van der Waals surface area contributed by atoms with Gasteiger partial charge in [-0.05, 0) is 37.3 Å². The van der Waals surface area contributed by atoms with Gasteiger partial charge in [-0.1, -0.05) is 6.08 Å². The van der Waals surface area contributed by atoms with Gasteiger partial charge in [-0.25, -0.2) is 22.8 Å². The molecule has 5 heterocycles. The number of carbonyl (C=O) groups excluding carboxylic acids is 1. The van der Waals surface area contributed by atoms with Crippen molar-refractivity contribution >= 4 is 50.4 Å². The van der Waals surface area contributed by atoms with Gasteiger partial charge in [0.05, 0.1) is 41.1 Å². The Labute approximate surface area is 246 Å². The first-order chi connectivity index (χ1) is 20.6. The van der Waals surface area contributed by atoms with Gasteiger partial charge in [-0.15, -0.1) is 0 Å². The monoisotopic (exact) mass is 605 g/mol. The van der Waals surface area contributed by atoms with Crippen LogP contribution in [0.2, 0.25) is 0 Å². The lowest BCUT2D eigenvalue weighted by Gasteiger charge is -2.23. The molecule has 3 aliphatic rings. The number of aliphatic imine (C=N–C) groups is 1. The van der Waals surface area contributed by atoms with Gasteiger partial charge in [0.2, 0.25) is 15.9 Å². The van der Waals surface area contributed by atoms with Crippen molar-refractivity contribution in [2.75, 3.05) is 42.7 Å². The van der Waals surface area contributed by atoms with Crippen molar-refractivity contribution in [1.82, 2.24) is 9.55 Å². The van der Waals surface area contributed by atoms with Crippen molar-refractivity contribution in [2.24, 2.45) is 4.99 Å². The first kappa shape index (κ1) is 27.2. The number of rotatable bonds is 5. The summed E-state index contributed by atoms with van der Waals surface area (Å²) in [6, 6.07) is 8.94. The van der Waals surface area contributed by atoms with Crippen molar-refractivity contribution in [3.05, 3.63) is 53.2 Å². The van der Waals surface area contributed by atoms with Gasteiger partial charge in [0.1, 0.15) is 29.8 Å². The highest BCUT2D eigenvalue weighted by Crippen LogP contribution is 2.45. The van der Waals surface area contributed by atoms with E-state index in [1.54, 1.807) is 48.4 Å². The molecule has 1 fully saturated rings. The molecule has 11 nitrogen and oxygen atoms in total. The van der Waals surface area contributed by atoms with Crippen LogP contribution in [0.25, 0.3) is 39.7 Å². The summed E-state index contributed by atoms with van der Waals surface area (Å²) in [6.07, 6.45) is 3.98. The van der Waals surface area contributed by atoms with Crippen molar-refractivity contribution in [3.63, 3.8) is 0 Å². The van der Waals surface area contributed by atoms with Gasteiger partial charge in [0.15, 0.2) is 12.5 Å². The molecule has 222 valence electrons. The summed E-state index contributed by atoms with van der Waals surface area (Å²) < 4.78 is 61.2. The van der Waals surface area contributed by atoms with Gasteiger partial charge in [-0.3, -0.25) is 14.0 Å². The van der Waals surface area contributed by atoms with Crippen LogP contribution in [0.3, 0.4) is 0 Å². The molecule has 2 aliphatic heterocycles. The Kier molecular flexibility index (Phi) is 6.13. The van der Waals surface area contributed by atoms with Crippen LogP contribution in [0.1, 0.15) is 41.1 Å². The van der Waals surface area contributed by atoms with Gasteiger partial charge in [0.25, 0.3) is 6.02 Å². The Morgan fingerprint density at radius 3 is 2.77 bits per heavy atom. The van der Waals surface area contributed by atoms with E-state index in [9.17, 15) is 17.6 Å². The summed E-state index contributed by atoms with van der Waals surface area (Å²) in [6.45, 7) is 2.47. The molecule has 1 saturated heterocycles. The number of sulfonamides is 1. The minimum atomic E-state index is -3.71. The molecule has 3 aromatic heterocycles. The summed E-state index contributed by atoms with van der Waals surface area (Å²) in [5, 5.41) is 0.491. The Morgan fingerprint density at radius 1 is 1.21 bits per heavy atom. The number of aromatic nitrogens is 2. The van der Waals surface area contributed by atoms with Crippen molar-refractivity contribution in [2.45, 2.75) is 26.2 Å². The Hall–Kier alpha value is -4.65. The molecule has 0 spiro atoms. The number of allylic oxidation sites excluding steroid dienone is 1. The number of benzene rings is 1. The standard InChI is InChI=1S/C30H28FN5O6S/c1-16(37)27-19-12-18(23(34(3)43(4,38)39)14-26(19)42-29(27)35-10-11-40-30(35)32-2)21-8-9-25-28(33-21)24-13-17-20(31)6-5-7-22(17)36(24)15-41-25/h5,7-9,12-14,20H,6,10-11,15H2,1-4H3/b32-30-. The maximum atomic E-state index is 14.8. The van der Waals surface area contributed by atoms with E-state index in [1.807, 2.05) is 10.6 Å². The molecule has 0 radical (unpaired) electrons. The lowest BCUT2D eigenvalue weighted by molar-refractivity contribution is 0.101. The number of amidine groups is 1. The van der Waals surface area contributed by atoms with Gasteiger partial charge < -0.3 is 18.5 Å². The molecular formula is C30H28FN5O6S. The molecular weight excluding hydrogens is 577 g/mol. The highest BCUT2D eigenvalue weighted by molar-refractivity contribution is 7.92. The summed E-state index contributed by atoms with van der Waals surface area (Å²) in [4.78, 5) is 23.8. The second-order valence-electron chi connectivity index (χ2n) is 10.7. The predicted octanol–water partition coefficient (Wildman–Crippen LogP) is 5.16. The number of ether oxygens (including phenoxy) is 2. The maximum absolute atomic E-state index is 14.8. The highest BCUT2D eigenvalue weighted by atomic mass is 32.2. The quantitative estimate of drug-likeness (QED) is 0.286. The number of alkyl halides is 1. The smallest absolute Gasteiger partial charge is 0.294 e. The lowest BCUT2D eigenvalue weighted by Crippen LogP contribution is -2.25. The van der Waals surface area contributed by atoms with E-state index in [1.165, 1.54) is 14.0 Å². The average Bonchev–Trinajstić information content (AvgIpc) is 3.70. The number of hydrogen-bond donors (Lipinski definition) is 0. The summed E-state index contributed by atoms with van der Waals surface area (Å²) in [5.41, 5.74) is 4.37. The molecule has 1 atom stereocenters. The zero-order valence-electron chi connectivity index (χ0n) is 23.9. The van der Waals surface area contributed by atoms with Gasteiger partial charge in [-0.2, -0.15) is 0 Å². The number of ketones is 1. The third kappa shape index (κ3) is 4.21. The van der Waals surface area contributed by atoms with Crippen LogP contribution in [0.4, 0.5) is 16.0 Å². The highest BCUT2D eigenvalue weighted by Gasteiger charge is 2.33. The normalized spacial score (nSPS) is 18.3. The number of fused-ring (bicyclic) bond motifs is 6. The fourth-order valence-corrected chi connectivity index (χ4v) is 6.39. The molecule has 0 amide bonds. The molecule has 7 rings (SSSR count). The van der Waals surface area contributed by atoms with E-state index in [0.29, 0.717) is 81.8 Å². The number of Topliss-reactive ketones (excluding diaryl/α,β-unsaturated/α-hetero) is 1. The summed E-state index contributed by atoms with van der Waals surface area (Å²) >= 11 is 0. The van der Waals surface area contributed by atoms with Crippen LogP contribution in [-0.4, -0.2) is 63.3 Å². The second-order valence-corrected chi connectivity index (χ2v) is 12.7. The first-order valence-electron chi connectivity index (χ1n) is 13.7. The average molecular weight is 606 g/mol. The largest absolute Gasteiger partial charge is 0.470 e. The summed E-state index contributed by atoms with van der Waals surface area (Å²) in [7, 11) is -0.677. The Balaban J connectivity index is 1.46. The molecule has 0 N–H and O–H groups in total. The molecule has 0 saturated carbocycles. The number of hydrogen-bond acceptors (Lipinski definition) is 8. The number of carbonyl (C=O) groups is 1. The number of furan rings is 1. The zero-order valence-corrected chi connectivity index (χ0v) is 24.7. The van der Waals surface area contributed by atoms with Crippen molar-refractivity contribution < 1.29 is 31.5 Å². The minimum absolute atomic E-state index is 0.215. The fraction of sp³-hybridized carbons (Fsp3) is 0.300. The lowest BCUT2D eigenvalue weighted by atomic mass is 10.0. The van der Waals surface area contributed by atoms with Crippen LogP contribution < -0.4 is 13.9 Å². The topological polar surface area (TPSA) is 119 Å². The molecule has 4 aromatic rings. The third-order valence-corrected chi connectivity index (χ3v) is 9.23. The summed E-state index contributed by atoms with van der Waals surface area (Å²) in [5.74, 6) is 0.560. The van der Waals surface area contributed by atoms with Crippen LogP contribution in [0, 0.1) is 0 Å². The van der Waals surface area contributed by atoms with Gasteiger partial charge >= 0.3 is 0 Å². The van der Waals surface area contributed by atoms with E-state index in [4.69, 9.17) is 18.9 Å². The number of anilines is 2. The van der Waals surface area contributed by atoms with Crippen LogP contribution >= 0.6 is 0 Å². The van der Waals surface area contributed by atoms with Crippen LogP contribution in [0.5, 0.6) is 5.75 Å². The predicted molar refractivity (Wildman–Crippen MR) is 161 cm³/mol. The van der Waals surface area contributed by atoms with Crippen LogP contribution in [0.15, 0.2) is 45.8 Å². The van der Waals surface area contributed by atoms with Crippen molar-refractivity contribution in [3.8, 4) is 28.4 Å². The number of halogens is 1. The van der Waals surface area contributed by atoms with Crippen LogP contribution in [-0.2, 0) is 21.5 Å². The molecule has 1 unspecified atom stereocenters. The van der Waals surface area contributed by atoms with E-state index in [-0.39, 0.29) is 18.4 Å². The molecule has 0 bridgehead atoms. The third-order valence-electron chi connectivity index (χ3n) is 8.04. The second kappa shape index (κ2) is 9.69. The van der Waals surface area contributed by atoms with E-state index >= 15 is 0 Å². The number of pyridine rings is 1. The van der Waals surface area contributed by atoms with E-state index < -0.39 is 16.2 Å². The zero-order chi connectivity index (χ0) is 30.2. The number of nitrogens with zero attached hydrogens (tertiary/aromatic N) is 5. The van der Waals surface area contributed by atoms with E-state index in [2.05, 4.69) is 4.99 Å². The maximum Gasteiger partial charge on any atom is 0.294 e. The SMILES string of the molecule is C/N=C1\OCCN1c1oc2cc(N(C)S(C)(=O)=O)c(-c3ccc4c(n3)-c3cc5c(n3CO4)C=CCC5F)cc2c1C(C)=O. The van der Waals surface area contributed by atoms with Crippen molar-refractivity contribution in [1.29, 1.82) is 0 Å². The van der Waals surface area contributed by atoms with Gasteiger partial charge in [0, 0.05) is 43.1 Å². The molecule has 13 heteroatoms. The first-order valence-corrected chi connectivity index (χ1v) is 15.5. The fourth-order valence-electron chi connectivity index (χ4n) is 5.88. The molecule has 1 aromatic carbocycles. The van der Waals surface area contributed by atoms with E-state index in [0.717, 1.165) is 16.3 Å². The molecule has 1 aliphatic carbocycles. The minimum Gasteiger partial charge on any atom is -0.470 e. The molecule has 43 heavy (non-hydrogen) atoms.